The number of rotatable bonds is 4. The molecule has 1 aromatic carbocycles. The topological polar surface area (TPSA) is 82.1 Å². The Morgan fingerprint density at radius 3 is 2.16 bits per heavy atom. The second kappa shape index (κ2) is 8.35. The number of nitrogens with zero attached hydrogens (tertiary/aromatic N) is 3. The molecule has 6 nitrogen and oxygen atoms in total. The minimum absolute atomic E-state index is 0.124. The summed E-state index contributed by atoms with van der Waals surface area (Å²) in [6.45, 7) is 0.440. The first-order chi connectivity index (χ1) is 17.2. The van der Waals surface area contributed by atoms with Crippen LogP contribution in [-0.2, 0) is 0 Å². The van der Waals surface area contributed by atoms with Crippen LogP contribution in [0.1, 0.15) is 72.1 Å². The minimum atomic E-state index is -9.81. The number of aromatic nitrogens is 3. The Morgan fingerprint density at radius 2 is 1.57 bits per heavy atom. The maximum absolute atomic E-state index is 14.9. The van der Waals surface area contributed by atoms with Gasteiger partial charge in [-0.1, -0.05) is 19.4 Å². The predicted octanol–water partition coefficient (Wildman–Crippen LogP) is 6.79. The van der Waals surface area contributed by atoms with Crippen LogP contribution < -0.4 is 0 Å². The summed E-state index contributed by atoms with van der Waals surface area (Å²) >= 11 is 0. The van der Waals surface area contributed by atoms with E-state index in [1.54, 1.807) is 0 Å². The third kappa shape index (κ3) is 5.28. The summed E-state index contributed by atoms with van der Waals surface area (Å²) in [7, 11) is -9.81. The molecule has 0 bridgehead atoms. The van der Waals surface area contributed by atoms with E-state index in [1.165, 1.54) is 4.90 Å². The highest BCUT2D eigenvalue weighted by Gasteiger charge is 2.65. The van der Waals surface area contributed by atoms with Crippen LogP contribution >= 0.6 is 10.2 Å². The summed E-state index contributed by atoms with van der Waals surface area (Å²) in [5.41, 5.74) is 1.22. The van der Waals surface area contributed by atoms with Gasteiger partial charge in [0.25, 0.3) is 5.91 Å². The van der Waals surface area contributed by atoms with E-state index in [4.69, 9.17) is 0 Å². The Bertz CT molecular complexity index is 1330. The van der Waals surface area contributed by atoms with E-state index in [2.05, 4.69) is 15.0 Å². The van der Waals surface area contributed by atoms with Crippen molar-refractivity contribution in [1.82, 2.24) is 19.9 Å². The highest BCUT2D eigenvalue weighted by atomic mass is 32.5. The number of likely N-dealkylation sites (tertiary alicyclic amines) is 1. The van der Waals surface area contributed by atoms with Gasteiger partial charge in [-0.25, -0.2) is 14.4 Å². The van der Waals surface area contributed by atoms with Crippen molar-refractivity contribution in [1.29, 1.82) is 0 Å². The van der Waals surface area contributed by atoms with Crippen LogP contribution in [0.2, 0.25) is 0 Å². The van der Waals surface area contributed by atoms with Crippen molar-refractivity contribution in [2.75, 3.05) is 13.1 Å². The lowest BCUT2D eigenvalue weighted by Crippen LogP contribution is -2.38. The number of amides is 1. The standard InChI is InChI=1S/C24H26F6N4O2S/c25-19-13-31-23-21(32-22(33-23)15-1-5-17(35)6-2-15)20(19)14-9-11-34(12-10-14)24(36)16-3-7-18(8-4-16)37(26,27,28,29)30/h3-4,7-8,13-15,17,35H,1-2,5-6,9-12H2,(H,31,32,33). The Morgan fingerprint density at radius 1 is 0.946 bits per heavy atom. The van der Waals surface area contributed by atoms with Crippen molar-refractivity contribution in [3.63, 3.8) is 0 Å². The maximum Gasteiger partial charge on any atom is 0.310 e. The third-order valence-corrected chi connectivity index (χ3v) is 8.51. The van der Waals surface area contributed by atoms with Crippen LogP contribution in [0.3, 0.4) is 0 Å². The number of pyridine rings is 1. The zero-order valence-electron chi connectivity index (χ0n) is 19.6. The zero-order valence-corrected chi connectivity index (χ0v) is 20.5. The number of fused-ring (bicyclic) bond motifs is 1. The molecule has 0 radical (unpaired) electrons. The number of carbonyl (C=O) groups is 1. The van der Waals surface area contributed by atoms with E-state index in [9.17, 15) is 33.7 Å². The fraction of sp³-hybridized carbons (Fsp3) is 0.458. The fourth-order valence-corrected chi connectivity index (χ4v) is 5.97. The van der Waals surface area contributed by atoms with Gasteiger partial charge in [-0.3, -0.25) is 4.79 Å². The van der Waals surface area contributed by atoms with Gasteiger partial charge in [0.15, 0.2) is 5.65 Å². The third-order valence-electron chi connectivity index (χ3n) is 7.35. The number of aliphatic hydroxyl groups excluding tert-OH is 1. The van der Waals surface area contributed by atoms with Crippen molar-refractivity contribution in [2.45, 2.75) is 61.4 Å². The minimum Gasteiger partial charge on any atom is -0.393 e. The Labute approximate surface area is 208 Å². The lowest BCUT2D eigenvalue weighted by atomic mass is 9.87. The number of piperidine rings is 1. The predicted molar refractivity (Wildman–Crippen MR) is 127 cm³/mol. The average molecular weight is 549 g/mol. The van der Waals surface area contributed by atoms with Crippen molar-refractivity contribution in [3.8, 4) is 0 Å². The van der Waals surface area contributed by atoms with Crippen LogP contribution in [0.25, 0.3) is 11.2 Å². The molecule has 3 heterocycles. The molecular formula is C24H26F6N4O2S. The van der Waals surface area contributed by atoms with Gasteiger partial charge in [0.05, 0.1) is 17.8 Å². The van der Waals surface area contributed by atoms with Gasteiger partial charge in [-0.2, -0.15) is 0 Å². The van der Waals surface area contributed by atoms with Gasteiger partial charge < -0.3 is 15.0 Å². The number of carbonyl (C=O) groups excluding carboxylic acids is 1. The first-order valence-corrected chi connectivity index (χ1v) is 14.0. The molecule has 13 heteroatoms. The largest absolute Gasteiger partial charge is 0.393 e. The number of hydrogen-bond donors (Lipinski definition) is 2. The molecule has 3 aromatic rings. The normalized spacial score (nSPS) is 23.6. The SMILES string of the molecule is O=C(c1ccc(S(F)(F)(F)(F)F)cc1)N1CCC(c2c(F)cnc3nc(C4CCC(O)CC4)[nH]c23)CC1. The molecule has 1 amide bonds. The highest BCUT2D eigenvalue weighted by Crippen LogP contribution is 3.02. The van der Waals surface area contributed by atoms with Crippen LogP contribution in [-0.4, -0.2) is 50.1 Å². The number of aromatic amines is 1. The number of aliphatic hydroxyl groups is 1. The molecule has 202 valence electrons. The Kier molecular flexibility index (Phi) is 5.83. The number of hydrogen-bond acceptors (Lipinski definition) is 4. The van der Waals surface area contributed by atoms with Crippen LogP contribution in [0, 0.1) is 5.82 Å². The van der Waals surface area contributed by atoms with Gasteiger partial charge in [-0.05, 0) is 68.7 Å². The summed E-state index contributed by atoms with van der Waals surface area (Å²) in [5, 5.41) is 9.77. The first kappa shape index (κ1) is 25.8. The van der Waals surface area contributed by atoms with E-state index in [0.717, 1.165) is 31.2 Å². The second-order valence-electron chi connectivity index (χ2n) is 9.91. The molecule has 2 aliphatic rings. The molecular weight excluding hydrogens is 522 g/mol. The fourth-order valence-electron chi connectivity index (χ4n) is 5.32. The van der Waals surface area contributed by atoms with Crippen molar-refractivity contribution >= 4 is 27.3 Å². The molecule has 37 heavy (non-hydrogen) atoms. The number of H-pyrrole nitrogens is 1. The number of nitrogens with one attached hydrogen (secondary N) is 1. The molecule has 0 spiro atoms. The van der Waals surface area contributed by atoms with E-state index in [1.807, 2.05) is 0 Å². The molecule has 2 aromatic heterocycles. The molecule has 1 saturated heterocycles. The van der Waals surface area contributed by atoms with Crippen molar-refractivity contribution < 1.29 is 33.7 Å². The van der Waals surface area contributed by atoms with Gasteiger partial charge in [-0.15, -0.1) is 0 Å². The molecule has 2 N–H and O–H groups in total. The number of imidazole rings is 1. The van der Waals surface area contributed by atoms with Crippen LogP contribution in [0.15, 0.2) is 35.4 Å². The molecule has 0 atom stereocenters. The zero-order chi connectivity index (χ0) is 26.7. The Hall–Kier alpha value is -2.80. The smallest absolute Gasteiger partial charge is 0.310 e. The summed E-state index contributed by atoms with van der Waals surface area (Å²) in [5.74, 6) is -0.470. The number of benzene rings is 1. The van der Waals surface area contributed by atoms with E-state index in [0.29, 0.717) is 48.2 Å². The highest BCUT2D eigenvalue weighted by molar-refractivity contribution is 8.45. The second-order valence-corrected chi connectivity index (χ2v) is 12.3. The summed E-state index contributed by atoms with van der Waals surface area (Å²) in [6.07, 6.45) is 4.49. The van der Waals surface area contributed by atoms with E-state index in [-0.39, 0.29) is 48.7 Å². The molecule has 0 unspecified atom stereocenters. The Balaban J connectivity index is 1.31. The molecule has 2 fully saturated rings. The van der Waals surface area contributed by atoms with Gasteiger partial charge in [0.1, 0.15) is 16.5 Å². The summed E-state index contributed by atoms with van der Waals surface area (Å²) in [4.78, 5) is 24.1. The molecule has 1 aliphatic heterocycles. The monoisotopic (exact) mass is 548 g/mol. The first-order valence-electron chi connectivity index (χ1n) is 12.0. The van der Waals surface area contributed by atoms with E-state index < -0.39 is 26.8 Å². The number of halogens is 6. The van der Waals surface area contributed by atoms with Crippen molar-refractivity contribution in [2.24, 2.45) is 0 Å². The molecule has 1 aliphatic carbocycles. The van der Waals surface area contributed by atoms with Crippen LogP contribution in [0.4, 0.5) is 23.8 Å². The van der Waals surface area contributed by atoms with Gasteiger partial charge in [0.2, 0.25) is 0 Å². The van der Waals surface area contributed by atoms with E-state index >= 15 is 0 Å². The lowest BCUT2D eigenvalue weighted by molar-refractivity contribution is 0.0712. The van der Waals surface area contributed by atoms with Crippen molar-refractivity contribution in [3.05, 3.63) is 53.2 Å². The maximum atomic E-state index is 14.9. The molecule has 5 rings (SSSR count). The summed E-state index contributed by atoms with van der Waals surface area (Å²) < 4.78 is 79.7. The molecule has 1 saturated carbocycles. The van der Waals surface area contributed by atoms with Gasteiger partial charge in [0, 0.05) is 30.1 Å². The lowest BCUT2D eigenvalue weighted by Gasteiger charge is -2.40. The average Bonchev–Trinajstić information content (AvgIpc) is 3.27. The quantitative estimate of drug-likeness (QED) is 0.352. The van der Waals surface area contributed by atoms with Gasteiger partial charge >= 0.3 is 10.2 Å². The summed E-state index contributed by atoms with van der Waals surface area (Å²) in [6, 6.07) is 1.97. The van der Waals surface area contributed by atoms with Crippen LogP contribution in [0.5, 0.6) is 0 Å².